The van der Waals surface area contributed by atoms with Gasteiger partial charge in [0.2, 0.25) is 10.0 Å². The number of carboxylic acids is 1. The third kappa shape index (κ3) is 2.80. The van der Waals surface area contributed by atoms with Gasteiger partial charge in [-0.2, -0.15) is 4.31 Å². The van der Waals surface area contributed by atoms with E-state index in [2.05, 4.69) is 0 Å². The number of likely N-dealkylation sites (N-methyl/N-ethyl adjacent to an activating group) is 1. The lowest BCUT2D eigenvalue weighted by atomic mass is 10.3. The van der Waals surface area contributed by atoms with Gasteiger partial charge in [0.15, 0.2) is 0 Å². The first kappa shape index (κ1) is 13.6. The predicted octanol–water partition coefficient (Wildman–Crippen LogP) is 0.919. The van der Waals surface area contributed by atoms with Crippen LogP contribution in [-0.4, -0.2) is 36.9 Å². The zero-order chi connectivity index (χ0) is 13.2. The Balaban J connectivity index is 3.11. The number of carboxylic acid groups (broad SMARTS) is 1. The van der Waals surface area contributed by atoms with Crippen LogP contribution in [0.5, 0.6) is 0 Å². The molecule has 0 aliphatic carbocycles. The van der Waals surface area contributed by atoms with Gasteiger partial charge < -0.3 is 5.11 Å². The second kappa shape index (κ2) is 4.80. The fourth-order valence-corrected chi connectivity index (χ4v) is 2.46. The molecule has 1 aromatic carbocycles. The molecule has 0 aromatic heterocycles. The molecule has 0 amide bonds. The number of hydrogen-bond acceptors (Lipinski definition) is 3. The van der Waals surface area contributed by atoms with Crippen LogP contribution >= 0.6 is 0 Å². The number of hydrogen-bond donors (Lipinski definition) is 1. The van der Waals surface area contributed by atoms with Gasteiger partial charge in [-0.3, -0.25) is 4.79 Å². The fraction of sp³-hybridized carbons (Fsp3) is 0.300. The summed E-state index contributed by atoms with van der Waals surface area (Å²) in [6.07, 6.45) is 0. The van der Waals surface area contributed by atoms with Crippen LogP contribution in [0.2, 0.25) is 0 Å². The summed E-state index contributed by atoms with van der Waals surface area (Å²) in [5.74, 6) is -1.81. The van der Waals surface area contributed by atoms with Gasteiger partial charge in [0, 0.05) is 7.05 Å². The first-order chi connectivity index (χ1) is 7.76. The van der Waals surface area contributed by atoms with Crippen molar-refractivity contribution in [2.24, 2.45) is 0 Å². The maximum Gasteiger partial charge on any atom is 0.321 e. The van der Waals surface area contributed by atoms with E-state index in [4.69, 9.17) is 5.11 Å². The van der Waals surface area contributed by atoms with Crippen LogP contribution in [0.15, 0.2) is 29.2 Å². The van der Waals surface area contributed by atoms with E-state index >= 15 is 0 Å². The largest absolute Gasteiger partial charge is 0.480 e. The highest BCUT2D eigenvalue weighted by Gasteiger charge is 2.29. The van der Waals surface area contributed by atoms with Gasteiger partial charge >= 0.3 is 5.97 Å². The Morgan fingerprint density at radius 1 is 1.35 bits per heavy atom. The van der Waals surface area contributed by atoms with Gasteiger partial charge in [-0.15, -0.1) is 0 Å². The molecule has 0 spiro atoms. The molecule has 0 bridgehead atoms. The predicted molar refractivity (Wildman–Crippen MR) is 58.4 cm³/mol. The zero-order valence-electron chi connectivity index (χ0n) is 9.29. The summed E-state index contributed by atoms with van der Waals surface area (Å²) in [4.78, 5) is 10.6. The number of halogens is 1. The SMILES string of the molecule is C[C@H](C(=O)O)N(C)S(=O)(=O)c1ccc(F)cc1. The Bertz CT molecular complexity index is 512. The smallest absolute Gasteiger partial charge is 0.321 e. The summed E-state index contributed by atoms with van der Waals surface area (Å²) >= 11 is 0. The lowest BCUT2D eigenvalue weighted by Crippen LogP contribution is -2.40. The molecular weight excluding hydrogens is 249 g/mol. The van der Waals surface area contributed by atoms with Crippen molar-refractivity contribution in [3.63, 3.8) is 0 Å². The first-order valence-corrected chi connectivity index (χ1v) is 6.17. The number of rotatable bonds is 4. The number of carbonyl (C=O) groups is 1. The third-order valence-electron chi connectivity index (χ3n) is 2.39. The highest BCUT2D eigenvalue weighted by atomic mass is 32.2. The molecule has 5 nitrogen and oxygen atoms in total. The van der Waals surface area contributed by atoms with Crippen molar-refractivity contribution in [1.29, 1.82) is 0 Å². The molecule has 17 heavy (non-hydrogen) atoms. The van der Waals surface area contributed by atoms with E-state index in [9.17, 15) is 17.6 Å². The van der Waals surface area contributed by atoms with Gasteiger partial charge in [-0.1, -0.05) is 0 Å². The Hall–Kier alpha value is -1.47. The van der Waals surface area contributed by atoms with E-state index in [1.54, 1.807) is 0 Å². The summed E-state index contributed by atoms with van der Waals surface area (Å²) in [7, 11) is -2.75. The van der Waals surface area contributed by atoms with Gasteiger partial charge in [0.1, 0.15) is 11.9 Å². The van der Waals surface area contributed by atoms with Crippen molar-refractivity contribution in [3.8, 4) is 0 Å². The van der Waals surface area contributed by atoms with Crippen LogP contribution in [0.1, 0.15) is 6.92 Å². The monoisotopic (exact) mass is 261 g/mol. The van der Waals surface area contributed by atoms with E-state index in [1.165, 1.54) is 6.92 Å². The second-order valence-electron chi connectivity index (χ2n) is 3.49. The molecule has 1 atom stereocenters. The summed E-state index contributed by atoms with van der Waals surface area (Å²) in [6.45, 7) is 1.25. The molecule has 1 aromatic rings. The van der Waals surface area contributed by atoms with E-state index in [0.29, 0.717) is 0 Å². The summed E-state index contributed by atoms with van der Waals surface area (Å²) in [5, 5.41) is 8.74. The Labute approximate surface area is 98.5 Å². The van der Waals surface area contributed by atoms with Crippen LogP contribution in [0.25, 0.3) is 0 Å². The van der Waals surface area contributed by atoms with Gasteiger partial charge in [0.05, 0.1) is 4.90 Å². The molecule has 0 unspecified atom stereocenters. The standard InChI is InChI=1S/C10H12FNO4S/c1-7(10(13)14)12(2)17(15,16)9-5-3-8(11)4-6-9/h3-7H,1-2H3,(H,13,14)/t7-/m1/s1. The van der Waals surface area contributed by atoms with Crippen LogP contribution in [0.3, 0.4) is 0 Å². The topological polar surface area (TPSA) is 74.7 Å². The van der Waals surface area contributed by atoms with Gasteiger partial charge in [-0.25, -0.2) is 12.8 Å². The van der Waals surface area contributed by atoms with Crippen LogP contribution in [0, 0.1) is 5.82 Å². The van der Waals surface area contributed by atoms with Crippen molar-refractivity contribution < 1.29 is 22.7 Å². The Kier molecular flexibility index (Phi) is 3.84. The number of benzene rings is 1. The quantitative estimate of drug-likeness (QED) is 0.874. The highest BCUT2D eigenvalue weighted by Crippen LogP contribution is 2.16. The Morgan fingerprint density at radius 2 is 1.82 bits per heavy atom. The molecule has 94 valence electrons. The van der Waals surface area contributed by atoms with Crippen LogP contribution < -0.4 is 0 Å². The molecule has 0 radical (unpaired) electrons. The summed E-state index contributed by atoms with van der Waals surface area (Å²) in [6, 6.07) is 3.01. The van der Waals surface area contributed by atoms with Crippen molar-refractivity contribution in [2.45, 2.75) is 17.9 Å². The second-order valence-corrected chi connectivity index (χ2v) is 5.49. The molecule has 1 rings (SSSR count). The summed E-state index contributed by atoms with van der Waals surface area (Å²) in [5.41, 5.74) is 0. The first-order valence-electron chi connectivity index (χ1n) is 4.73. The molecular formula is C10H12FNO4S. The molecule has 0 saturated heterocycles. The van der Waals surface area contributed by atoms with Crippen molar-refractivity contribution in [2.75, 3.05) is 7.05 Å². The Morgan fingerprint density at radius 3 is 2.24 bits per heavy atom. The van der Waals surface area contributed by atoms with Gasteiger partial charge in [0.25, 0.3) is 0 Å². The molecule has 1 N–H and O–H groups in total. The molecule has 0 saturated carbocycles. The number of nitrogens with zero attached hydrogens (tertiary/aromatic N) is 1. The zero-order valence-corrected chi connectivity index (χ0v) is 10.1. The highest BCUT2D eigenvalue weighted by molar-refractivity contribution is 7.89. The van der Waals surface area contributed by atoms with Crippen LogP contribution in [-0.2, 0) is 14.8 Å². The van der Waals surface area contributed by atoms with E-state index in [1.807, 2.05) is 0 Å². The molecule has 0 heterocycles. The third-order valence-corrected chi connectivity index (χ3v) is 4.34. The molecule has 0 aliphatic rings. The molecule has 0 fully saturated rings. The van der Waals surface area contributed by atoms with Crippen LogP contribution in [0.4, 0.5) is 4.39 Å². The van der Waals surface area contributed by atoms with Gasteiger partial charge in [-0.05, 0) is 31.2 Å². The normalized spacial score (nSPS) is 13.6. The maximum atomic E-state index is 12.7. The van der Waals surface area contributed by atoms with Crippen molar-refractivity contribution in [3.05, 3.63) is 30.1 Å². The fourth-order valence-electron chi connectivity index (χ4n) is 1.14. The number of sulfonamides is 1. The lowest BCUT2D eigenvalue weighted by molar-refractivity contribution is -0.140. The average Bonchev–Trinajstić information content (AvgIpc) is 2.27. The molecule has 7 heteroatoms. The van der Waals surface area contributed by atoms with E-state index in [0.717, 1.165) is 35.6 Å². The maximum absolute atomic E-state index is 12.7. The van der Waals surface area contributed by atoms with E-state index in [-0.39, 0.29) is 4.90 Å². The van der Waals surface area contributed by atoms with Crippen molar-refractivity contribution >= 4 is 16.0 Å². The number of aliphatic carboxylic acids is 1. The lowest BCUT2D eigenvalue weighted by Gasteiger charge is -2.20. The minimum atomic E-state index is -3.91. The molecule has 0 aliphatic heterocycles. The average molecular weight is 261 g/mol. The minimum absolute atomic E-state index is 0.144. The summed E-state index contributed by atoms with van der Waals surface area (Å²) < 4.78 is 37.2. The van der Waals surface area contributed by atoms with E-state index < -0.39 is 27.9 Å². The van der Waals surface area contributed by atoms with Crippen molar-refractivity contribution in [1.82, 2.24) is 4.31 Å². The minimum Gasteiger partial charge on any atom is -0.480 e.